The summed E-state index contributed by atoms with van der Waals surface area (Å²) in [4.78, 5) is 10.2. The molecule has 1 aromatic heterocycles. The summed E-state index contributed by atoms with van der Waals surface area (Å²) in [5.74, 6) is 0. The number of hydrogen-bond acceptors (Lipinski definition) is 3. The van der Waals surface area contributed by atoms with Crippen molar-refractivity contribution in [2.75, 3.05) is 0 Å². The second-order valence-electron chi connectivity index (χ2n) is 2.47. The number of non-ortho nitro benzene ring substituents is 1. The molecule has 5 nitrogen and oxygen atoms in total. The first kappa shape index (κ1) is 11.2. The van der Waals surface area contributed by atoms with Gasteiger partial charge in [0, 0.05) is 6.07 Å². The molecule has 0 radical (unpaired) electrons. The summed E-state index contributed by atoms with van der Waals surface area (Å²) < 4.78 is 0.694. The molecule has 0 saturated heterocycles. The van der Waals surface area contributed by atoms with Gasteiger partial charge in [-0.25, -0.2) is 0 Å². The molecule has 7 heteroatoms. The fourth-order valence-corrected chi connectivity index (χ4v) is 1.84. The van der Waals surface area contributed by atoms with Gasteiger partial charge in [-0.15, -0.1) is 12.4 Å². The molecule has 0 bridgehead atoms. The van der Waals surface area contributed by atoms with Gasteiger partial charge in [0.1, 0.15) is 14.6 Å². The third-order valence-corrected chi connectivity index (χ3v) is 2.49. The molecule has 0 fully saturated rings. The highest BCUT2D eigenvalue weighted by atomic mass is 127. The zero-order chi connectivity index (χ0) is 9.42. The highest BCUT2D eigenvalue weighted by Crippen LogP contribution is 2.27. The maximum Gasteiger partial charge on any atom is 0.281 e. The van der Waals surface area contributed by atoms with Crippen LogP contribution in [0.3, 0.4) is 0 Å². The van der Waals surface area contributed by atoms with E-state index in [1.165, 1.54) is 6.07 Å². The highest BCUT2D eigenvalue weighted by Gasteiger charge is 2.15. The van der Waals surface area contributed by atoms with E-state index in [1.54, 1.807) is 12.1 Å². The average molecular weight is 325 g/mol. The van der Waals surface area contributed by atoms with E-state index >= 15 is 0 Å². The second kappa shape index (κ2) is 4.09. The van der Waals surface area contributed by atoms with E-state index < -0.39 is 4.92 Å². The molecular weight excluding hydrogens is 320 g/mol. The SMILES string of the molecule is Cl.O=[N+]([O-])c1cccc2n[nH]c(I)c12. The van der Waals surface area contributed by atoms with Crippen molar-refractivity contribution in [1.29, 1.82) is 0 Å². The van der Waals surface area contributed by atoms with Gasteiger partial charge in [0.15, 0.2) is 0 Å². The van der Waals surface area contributed by atoms with E-state index in [0.717, 1.165) is 0 Å². The Morgan fingerprint density at radius 3 is 2.86 bits per heavy atom. The number of aromatic amines is 1. The summed E-state index contributed by atoms with van der Waals surface area (Å²) in [5.41, 5.74) is 0.717. The van der Waals surface area contributed by atoms with Gasteiger partial charge >= 0.3 is 0 Å². The molecule has 0 saturated carbocycles. The number of nitrogens with zero attached hydrogens (tertiary/aromatic N) is 2. The molecule has 0 amide bonds. The number of rotatable bonds is 1. The van der Waals surface area contributed by atoms with Crippen LogP contribution >= 0.6 is 35.0 Å². The van der Waals surface area contributed by atoms with Crippen molar-refractivity contribution in [3.8, 4) is 0 Å². The van der Waals surface area contributed by atoms with E-state index in [-0.39, 0.29) is 18.1 Å². The first-order chi connectivity index (χ1) is 6.20. The number of nitro groups is 1. The zero-order valence-electron chi connectivity index (χ0n) is 6.73. The van der Waals surface area contributed by atoms with Gasteiger partial charge in [0.25, 0.3) is 5.69 Å². The lowest BCUT2D eigenvalue weighted by molar-refractivity contribution is -0.383. The Balaban J connectivity index is 0.000000980. The number of H-pyrrole nitrogens is 1. The number of benzene rings is 1. The van der Waals surface area contributed by atoms with Crippen LogP contribution in [-0.4, -0.2) is 15.1 Å². The molecule has 1 N–H and O–H groups in total. The van der Waals surface area contributed by atoms with Crippen molar-refractivity contribution >= 4 is 51.6 Å². The number of fused-ring (bicyclic) bond motifs is 1. The molecule has 0 aliphatic heterocycles. The number of aromatic nitrogens is 2. The van der Waals surface area contributed by atoms with Crippen molar-refractivity contribution < 1.29 is 4.92 Å². The zero-order valence-corrected chi connectivity index (χ0v) is 9.70. The monoisotopic (exact) mass is 325 g/mol. The summed E-state index contributed by atoms with van der Waals surface area (Å²) in [7, 11) is 0. The first-order valence-electron chi connectivity index (χ1n) is 3.47. The van der Waals surface area contributed by atoms with Crippen LogP contribution in [0.15, 0.2) is 18.2 Å². The lowest BCUT2D eigenvalue weighted by atomic mass is 10.2. The lowest BCUT2D eigenvalue weighted by Gasteiger charge is -1.91. The topological polar surface area (TPSA) is 71.8 Å². The normalized spacial score (nSPS) is 9.79. The molecule has 1 heterocycles. The Bertz CT molecular complexity index is 485. The first-order valence-corrected chi connectivity index (χ1v) is 4.55. The van der Waals surface area contributed by atoms with Gasteiger partial charge < -0.3 is 0 Å². The highest BCUT2D eigenvalue weighted by molar-refractivity contribution is 14.1. The Morgan fingerprint density at radius 2 is 2.21 bits per heavy atom. The number of hydrogen-bond donors (Lipinski definition) is 1. The van der Waals surface area contributed by atoms with Gasteiger partial charge in [-0.1, -0.05) is 6.07 Å². The number of nitro benzene ring substituents is 1. The molecule has 0 aliphatic carbocycles. The predicted molar refractivity (Wildman–Crippen MR) is 62.7 cm³/mol. The van der Waals surface area contributed by atoms with E-state index in [4.69, 9.17) is 0 Å². The third kappa shape index (κ3) is 1.67. The molecule has 0 atom stereocenters. The fourth-order valence-electron chi connectivity index (χ4n) is 1.16. The van der Waals surface area contributed by atoms with Gasteiger partial charge in [-0.05, 0) is 28.7 Å². The van der Waals surface area contributed by atoms with Crippen LogP contribution in [0.2, 0.25) is 0 Å². The maximum atomic E-state index is 10.6. The average Bonchev–Trinajstić information content (AvgIpc) is 2.48. The van der Waals surface area contributed by atoms with E-state index in [0.29, 0.717) is 14.6 Å². The van der Waals surface area contributed by atoms with Crippen molar-refractivity contribution in [2.24, 2.45) is 0 Å². The van der Waals surface area contributed by atoms with Crippen LogP contribution < -0.4 is 0 Å². The van der Waals surface area contributed by atoms with Crippen molar-refractivity contribution in [2.45, 2.75) is 0 Å². The molecule has 14 heavy (non-hydrogen) atoms. The fraction of sp³-hybridized carbons (Fsp3) is 0. The Hall–Kier alpha value is -0.890. The standard InChI is InChI=1S/C7H4IN3O2.ClH/c8-7-6-4(9-10-7)2-1-3-5(6)11(12)13;/h1-3H,(H,9,10);1H. The smallest absolute Gasteiger partial charge is 0.271 e. The summed E-state index contributed by atoms with van der Waals surface area (Å²) >= 11 is 1.99. The Morgan fingerprint density at radius 1 is 1.50 bits per heavy atom. The molecule has 74 valence electrons. The van der Waals surface area contributed by atoms with Gasteiger partial charge in [0.2, 0.25) is 0 Å². The Labute approximate surface area is 98.6 Å². The maximum absolute atomic E-state index is 10.6. The number of nitrogens with one attached hydrogen (secondary N) is 1. The van der Waals surface area contributed by atoms with Crippen LogP contribution in [0.4, 0.5) is 5.69 Å². The number of halogens is 2. The van der Waals surface area contributed by atoms with Gasteiger partial charge in [-0.2, -0.15) is 5.10 Å². The lowest BCUT2D eigenvalue weighted by Crippen LogP contribution is -1.88. The van der Waals surface area contributed by atoms with E-state index in [2.05, 4.69) is 10.2 Å². The summed E-state index contributed by atoms with van der Waals surface area (Å²) in [6.07, 6.45) is 0. The van der Waals surface area contributed by atoms with Crippen molar-refractivity contribution in [3.63, 3.8) is 0 Å². The van der Waals surface area contributed by atoms with Crippen LogP contribution in [0.1, 0.15) is 0 Å². The summed E-state index contributed by atoms with van der Waals surface area (Å²) in [5, 5.41) is 17.8. The van der Waals surface area contributed by atoms with Crippen LogP contribution in [0, 0.1) is 13.8 Å². The molecule has 0 spiro atoms. The van der Waals surface area contributed by atoms with Crippen molar-refractivity contribution in [3.05, 3.63) is 32.0 Å². The van der Waals surface area contributed by atoms with Crippen molar-refractivity contribution in [1.82, 2.24) is 10.2 Å². The largest absolute Gasteiger partial charge is 0.281 e. The molecule has 0 unspecified atom stereocenters. The molecule has 2 rings (SSSR count). The van der Waals surface area contributed by atoms with Gasteiger partial charge in [-0.3, -0.25) is 15.2 Å². The summed E-state index contributed by atoms with van der Waals surface area (Å²) in [6.45, 7) is 0. The minimum absolute atomic E-state index is 0. The minimum Gasteiger partial charge on any atom is -0.271 e. The quantitative estimate of drug-likeness (QED) is 0.497. The molecular formula is C7H5ClIN3O2. The molecule has 2 aromatic rings. The molecule has 0 aliphatic rings. The van der Waals surface area contributed by atoms with E-state index in [1.807, 2.05) is 22.6 Å². The summed E-state index contributed by atoms with van der Waals surface area (Å²) in [6, 6.07) is 4.83. The predicted octanol–water partition coefficient (Wildman–Crippen LogP) is 2.50. The van der Waals surface area contributed by atoms with Crippen LogP contribution in [-0.2, 0) is 0 Å². The van der Waals surface area contributed by atoms with Crippen LogP contribution in [0.5, 0.6) is 0 Å². The molecule has 1 aromatic carbocycles. The Kier molecular flexibility index (Phi) is 3.27. The second-order valence-corrected chi connectivity index (χ2v) is 3.54. The van der Waals surface area contributed by atoms with Gasteiger partial charge in [0.05, 0.1) is 4.92 Å². The minimum atomic E-state index is -0.403. The van der Waals surface area contributed by atoms with Crippen LogP contribution in [0.25, 0.3) is 10.9 Å². The van der Waals surface area contributed by atoms with E-state index in [9.17, 15) is 10.1 Å². The third-order valence-electron chi connectivity index (χ3n) is 1.71.